The van der Waals surface area contributed by atoms with Gasteiger partial charge in [0, 0.05) is 0 Å². The number of rotatable bonds is 6. The average molecular weight is 492 g/mol. The van der Waals surface area contributed by atoms with Crippen LogP contribution in [0.5, 0.6) is 11.5 Å². The Balaban J connectivity index is 1.86. The molecule has 138 valence electrons. The molecule has 0 aromatic heterocycles. The van der Waals surface area contributed by atoms with Crippen molar-refractivity contribution in [3.63, 3.8) is 0 Å². The third-order valence-corrected chi connectivity index (χ3v) is 5.24. The number of carbonyl (C=O) groups excluding carboxylic acids is 1. The standard InChI is InChI=1S/C20H17IN2O3S/c1-3-9-26-18-15(21)10-13(11-16(18)25-2)12-17-19(24)23-20(27-17)22-14-7-5-4-6-8-14/h3-8,10-12H,1,9H2,2H3,(H,22,23,24)/b17-12+. The van der Waals surface area contributed by atoms with Gasteiger partial charge in [0.2, 0.25) is 0 Å². The summed E-state index contributed by atoms with van der Waals surface area (Å²) in [6, 6.07) is 13.3. The maximum absolute atomic E-state index is 12.3. The zero-order valence-corrected chi connectivity index (χ0v) is 17.5. The molecule has 3 rings (SSSR count). The molecule has 27 heavy (non-hydrogen) atoms. The summed E-state index contributed by atoms with van der Waals surface area (Å²) in [6.07, 6.45) is 3.49. The van der Waals surface area contributed by atoms with Gasteiger partial charge in [0.25, 0.3) is 5.91 Å². The Morgan fingerprint density at radius 1 is 1.30 bits per heavy atom. The molecule has 5 nitrogen and oxygen atoms in total. The molecule has 0 saturated carbocycles. The molecule has 1 heterocycles. The number of para-hydroxylation sites is 1. The van der Waals surface area contributed by atoms with Gasteiger partial charge < -0.3 is 14.8 Å². The highest BCUT2D eigenvalue weighted by Gasteiger charge is 2.24. The third kappa shape index (κ3) is 4.92. The molecule has 1 fully saturated rings. The van der Waals surface area contributed by atoms with Gasteiger partial charge in [0.15, 0.2) is 16.7 Å². The Bertz CT molecular complexity index is 926. The first-order valence-electron chi connectivity index (χ1n) is 8.06. The molecule has 0 unspecified atom stereocenters. The second-order valence-electron chi connectivity index (χ2n) is 5.45. The van der Waals surface area contributed by atoms with Crippen LogP contribution in [0.15, 0.2) is 65.0 Å². The zero-order valence-electron chi connectivity index (χ0n) is 14.6. The van der Waals surface area contributed by atoms with Crippen molar-refractivity contribution in [2.24, 2.45) is 4.99 Å². The van der Waals surface area contributed by atoms with Gasteiger partial charge in [-0.05, 0) is 70.3 Å². The van der Waals surface area contributed by atoms with Crippen molar-refractivity contribution in [3.05, 3.63) is 69.2 Å². The molecule has 0 spiro atoms. The summed E-state index contributed by atoms with van der Waals surface area (Å²) >= 11 is 3.49. The number of methoxy groups -OCH3 is 1. The first-order valence-corrected chi connectivity index (χ1v) is 9.96. The number of halogens is 1. The van der Waals surface area contributed by atoms with Crippen LogP contribution in [0.4, 0.5) is 5.69 Å². The highest BCUT2D eigenvalue weighted by atomic mass is 127. The molecule has 0 atom stereocenters. The monoisotopic (exact) mass is 492 g/mol. The second-order valence-corrected chi connectivity index (χ2v) is 7.64. The number of nitrogens with zero attached hydrogens (tertiary/aromatic N) is 1. The van der Waals surface area contributed by atoms with Gasteiger partial charge in [0.05, 0.1) is 21.3 Å². The van der Waals surface area contributed by atoms with Crippen molar-refractivity contribution in [3.8, 4) is 11.5 Å². The van der Waals surface area contributed by atoms with E-state index in [-0.39, 0.29) is 5.91 Å². The van der Waals surface area contributed by atoms with Crippen molar-refractivity contribution in [2.75, 3.05) is 13.7 Å². The van der Waals surface area contributed by atoms with Crippen LogP contribution in [0.25, 0.3) is 6.08 Å². The number of carbonyl (C=O) groups is 1. The lowest BCUT2D eigenvalue weighted by Crippen LogP contribution is -2.19. The normalized spacial score (nSPS) is 16.4. The summed E-state index contributed by atoms with van der Waals surface area (Å²) in [7, 11) is 1.59. The molecule has 1 aliphatic heterocycles. The topological polar surface area (TPSA) is 59.9 Å². The van der Waals surface area contributed by atoms with Crippen molar-refractivity contribution < 1.29 is 14.3 Å². The molecular weight excluding hydrogens is 475 g/mol. The molecule has 0 radical (unpaired) electrons. The minimum atomic E-state index is -0.171. The molecule has 1 N–H and O–H groups in total. The third-order valence-electron chi connectivity index (χ3n) is 3.53. The molecule has 0 bridgehead atoms. The minimum Gasteiger partial charge on any atom is -0.493 e. The molecule has 1 aliphatic rings. The van der Waals surface area contributed by atoms with Gasteiger partial charge in [-0.1, -0.05) is 30.9 Å². The Morgan fingerprint density at radius 3 is 2.78 bits per heavy atom. The van der Waals surface area contributed by atoms with Crippen LogP contribution in [-0.2, 0) is 4.79 Å². The Kier molecular flexibility index (Phi) is 6.57. The number of aliphatic imine (C=N–C) groups is 1. The lowest BCUT2D eigenvalue weighted by Gasteiger charge is -2.12. The predicted molar refractivity (Wildman–Crippen MR) is 119 cm³/mol. The van der Waals surface area contributed by atoms with E-state index in [1.165, 1.54) is 11.8 Å². The van der Waals surface area contributed by atoms with E-state index in [2.05, 4.69) is 39.5 Å². The number of amidine groups is 1. The first kappa shape index (κ1) is 19.5. The minimum absolute atomic E-state index is 0.171. The van der Waals surface area contributed by atoms with E-state index in [0.717, 1.165) is 14.8 Å². The zero-order chi connectivity index (χ0) is 19.2. The number of amides is 1. The fourth-order valence-corrected chi connectivity index (χ4v) is 3.98. The fraction of sp³-hybridized carbons (Fsp3) is 0.100. The molecule has 2 aromatic carbocycles. The number of hydrogen-bond acceptors (Lipinski definition) is 5. The highest BCUT2D eigenvalue weighted by Crippen LogP contribution is 2.36. The van der Waals surface area contributed by atoms with Crippen LogP contribution in [0.2, 0.25) is 0 Å². The van der Waals surface area contributed by atoms with Crippen molar-refractivity contribution >= 4 is 57.2 Å². The second kappa shape index (κ2) is 9.09. The smallest absolute Gasteiger partial charge is 0.264 e. The van der Waals surface area contributed by atoms with Crippen LogP contribution in [-0.4, -0.2) is 24.8 Å². The number of thioether (sulfide) groups is 1. The largest absolute Gasteiger partial charge is 0.493 e. The van der Waals surface area contributed by atoms with E-state index < -0.39 is 0 Å². The predicted octanol–water partition coefficient (Wildman–Crippen LogP) is 4.76. The van der Waals surface area contributed by atoms with Crippen LogP contribution in [0.3, 0.4) is 0 Å². The molecule has 1 amide bonds. The number of nitrogens with one attached hydrogen (secondary N) is 1. The molecular formula is C20H17IN2O3S. The SMILES string of the molecule is C=CCOc1c(I)cc(/C=C2/SC(=Nc3ccccc3)NC2=O)cc1OC. The average Bonchev–Trinajstić information content (AvgIpc) is 3.00. The van der Waals surface area contributed by atoms with Crippen LogP contribution in [0.1, 0.15) is 5.56 Å². The van der Waals surface area contributed by atoms with Crippen molar-refractivity contribution in [1.82, 2.24) is 5.32 Å². The first-order chi connectivity index (χ1) is 13.1. The lowest BCUT2D eigenvalue weighted by molar-refractivity contribution is -0.115. The summed E-state index contributed by atoms with van der Waals surface area (Å²) in [4.78, 5) is 17.3. The summed E-state index contributed by atoms with van der Waals surface area (Å²) in [6.45, 7) is 4.05. The van der Waals surface area contributed by atoms with Gasteiger partial charge >= 0.3 is 0 Å². The number of ether oxygens (including phenoxy) is 2. The van der Waals surface area contributed by atoms with Crippen molar-refractivity contribution in [2.45, 2.75) is 0 Å². The van der Waals surface area contributed by atoms with Crippen LogP contribution < -0.4 is 14.8 Å². The number of benzene rings is 2. The fourth-order valence-electron chi connectivity index (χ4n) is 2.36. The van der Waals surface area contributed by atoms with E-state index >= 15 is 0 Å². The lowest BCUT2D eigenvalue weighted by atomic mass is 10.2. The van der Waals surface area contributed by atoms with Gasteiger partial charge in [0.1, 0.15) is 6.61 Å². The summed E-state index contributed by atoms with van der Waals surface area (Å²) in [5, 5.41) is 3.35. The molecule has 1 saturated heterocycles. The highest BCUT2D eigenvalue weighted by molar-refractivity contribution is 14.1. The van der Waals surface area contributed by atoms with Gasteiger partial charge in [-0.3, -0.25) is 4.79 Å². The Hall–Kier alpha value is -2.26. The summed E-state index contributed by atoms with van der Waals surface area (Å²) < 4.78 is 12.0. The summed E-state index contributed by atoms with van der Waals surface area (Å²) in [5.74, 6) is 1.10. The van der Waals surface area contributed by atoms with Crippen molar-refractivity contribution in [1.29, 1.82) is 0 Å². The maximum Gasteiger partial charge on any atom is 0.264 e. The van der Waals surface area contributed by atoms with Gasteiger partial charge in [-0.25, -0.2) is 4.99 Å². The summed E-state index contributed by atoms with van der Waals surface area (Å²) in [5.41, 5.74) is 1.64. The van der Waals surface area contributed by atoms with E-state index in [9.17, 15) is 4.79 Å². The number of hydrogen-bond donors (Lipinski definition) is 1. The molecule has 2 aromatic rings. The van der Waals surface area contributed by atoms with Crippen LogP contribution in [0, 0.1) is 3.57 Å². The van der Waals surface area contributed by atoms with E-state index in [4.69, 9.17) is 9.47 Å². The van der Waals surface area contributed by atoms with Gasteiger partial charge in [-0.2, -0.15) is 0 Å². The Labute approximate surface area is 175 Å². The molecule has 7 heteroatoms. The van der Waals surface area contributed by atoms with E-state index in [0.29, 0.717) is 28.2 Å². The Morgan fingerprint density at radius 2 is 2.07 bits per heavy atom. The van der Waals surface area contributed by atoms with E-state index in [1.807, 2.05) is 48.5 Å². The quantitative estimate of drug-likeness (QED) is 0.359. The maximum atomic E-state index is 12.3. The van der Waals surface area contributed by atoms with Crippen LogP contribution >= 0.6 is 34.4 Å². The van der Waals surface area contributed by atoms with Gasteiger partial charge in [-0.15, -0.1) is 0 Å². The molecule has 0 aliphatic carbocycles. The van der Waals surface area contributed by atoms with E-state index in [1.54, 1.807) is 13.2 Å².